The second kappa shape index (κ2) is 3.68. The minimum absolute atomic E-state index is 0.133. The minimum Gasteiger partial charge on any atom is -0.507 e. The maximum atomic E-state index is 9.82. The molecule has 0 aliphatic rings. The highest BCUT2D eigenvalue weighted by atomic mass is 79.9. The molecule has 0 radical (unpaired) electrons. The molecule has 0 aliphatic heterocycles. The van der Waals surface area contributed by atoms with Gasteiger partial charge in [0.15, 0.2) is 0 Å². The zero-order valence-electron chi connectivity index (χ0n) is 8.06. The van der Waals surface area contributed by atoms with Crippen molar-refractivity contribution in [2.75, 3.05) is 0 Å². The van der Waals surface area contributed by atoms with Gasteiger partial charge in [-0.15, -0.1) is 0 Å². The van der Waals surface area contributed by atoms with Gasteiger partial charge in [0.05, 0.1) is 0 Å². The molecular weight excluding hydrogens is 230 g/mol. The van der Waals surface area contributed by atoms with Crippen LogP contribution in [0.2, 0.25) is 0 Å². The van der Waals surface area contributed by atoms with Gasteiger partial charge in [-0.25, -0.2) is 0 Å². The van der Waals surface area contributed by atoms with E-state index >= 15 is 0 Å². The summed E-state index contributed by atoms with van der Waals surface area (Å²) >= 11 is 3.38. The van der Waals surface area contributed by atoms with Crippen LogP contribution in [0.25, 0.3) is 0 Å². The van der Waals surface area contributed by atoms with E-state index < -0.39 is 0 Å². The number of aryl methyl sites for hydroxylation is 1. The number of phenolic OH excluding ortho intramolecular Hbond substituents is 1. The molecule has 1 unspecified atom stereocenters. The van der Waals surface area contributed by atoms with Crippen molar-refractivity contribution in [1.82, 2.24) is 0 Å². The van der Waals surface area contributed by atoms with Crippen LogP contribution in [0.1, 0.15) is 29.7 Å². The van der Waals surface area contributed by atoms with E-state index in [1.807, 2.05) is 26.8 Å². The summed E-state index contributed by atoms with van der Waals surface area (Å²) in [6.07, 6.45) is 0. The van der Waals surface area contributed by atoms with Crippen LogP contribution in [0.4, 0.5) is 0 Å². The molecule has 2 nitrogen and oxygen atoms in total. The third-order valence-electron chi connectivity index (χ3n) is 2.19. The molecule has 3 heteroatoms. The van der Waals surface area contributed by atoms with Crippen LogP contribution in [-0.4, -0.2) is 5.11 Å². The van der Waals surface area contributed by atoms with Gasteiger partial charge in [-0.3, -0.25) is 0 Å². The number of hydrogen-bond donors (Lipinski definition) is 2. The van der Waals surface area contributed by atoms with Gasteiger partial charge in [-0.2, -0.15) is 0 Å². The van der Waals surface area contributed by atoms with Crippen LogP contribution in [0.3, 0.4) is 0 Å². The quantitative estimate of drug-likeness (QED) is 0.797. The van der Waals surface area contributed by atoms with E-state index in [1.54, 1.807) is 0 Å². The van der Waals surface area contributed by atoms with E-state index in [0.29, 0.717) is 5.75 Å². The monoisotopic (exact) mass is 243 g/mol. The Hall–Kier alpha value is -0.540. The Balaban J connectivity index is 3.44. The first-order valence-electron chi connectivity index (χ1n) is 4.19. The van der Waals surface area contributed by atoms with Crippen LogP contribution < -0.4 is 5.73 Å². The Bertz CT molecular complexity index is 334. The molecule has 0 saturated carbocycles. The van der Waals surface area contributed by atoms with Gasteiger partial charge < -0.3 is 10.8 Å². The normalized spacial score (nSPS) is 13.0. The van der Waals surface area contributed by atoms with Crippen molar-refractivity contribution in [3.05, 3.63) is 27.2 Å². The number of phenols is 1. The predicted octanol–water partition coefficient (Wildman–Crippen LogP) is 2.79. The number of halogens is 1. The molecule has 0 bridgehead atoms. The van der Waals surface area contributed by atoms with Crippen LogP contribution in [0.5, 0.6) is 5.75 Å². The smallest absolute Gasteiger partial charge is 0.124 e. The molecule has 0 aromatic heterocycles. The third kappa shape index (κ3) is 1.86. The average Bonchev–Trinajstić information content (AvgIpc) is 1.99. The SMILES string of the molecule is Cc1cc(Br)c(C)c(O)c1C(C)N. The zero-order valence-corrected chi connectivity index (χ0v) is 9.64. The number of rotatable bonds is 1. The molecule has 0 heterocycles. The lowest BCUT2D eigenvalue weighted by molar-refractivity contribution is 0.458. The summed E-state index contributed by atoms with van der Waals surface area (Å²) in [5.41, 5.74) is 8.46. The fraction of sp³-hybridized carbons (Fsp3) is 0.400. The lowest BCUT2D eigenvalue weighted by Crippen LogP contribution is -2.08. The maximum absolute atomic E-state index is 9.82. The van der Waals surface area contributed by atoms with Crippen molar-refractivity contribution in [2.45, 2.75) is 26.8 Å². The van der Waals surface area contributed by atoms with Crippen molar-refractivity contribution < 1.29 is 5.11 Å². The maximum Gasteiger partial charge on any atom is 0.124 e. The number of nitrogens with two attached hydrogens (primary N) is 1. The van der Waals surface area contributed by atoms with Crippen LogP contribution in [0.15, 0.2) is 10.5 Å². The van der Waals surface area contributed by atoms with Crippen molar-refractivity contribution in [1.29, 1.82) is 0 Å². The average molecular weight is 244 g/mol. The number of hydrogen-bond acceptors (Lipinski definition) is 2. The first-order valence-corrected chi connectivity index (χ1v) is 4.98. The van der Waals surface area contributed by atoms with Gasteiger partial charge in [-0.1, -0.05) is 15.9 Å². The summed E-state index contributed by atoms with van der Waals surface area (Å²) in [5, 5.41) is 9.82. The second-order valence-electron chi connectivity index (χ2n) is 3.35. The molecule has 1 rings (SSSR count). The number of benzene rings is 1. The molecule has 1 atom stereocenters. The van der Waals surface area contributed by atoms with Gasteiger partial charge >= 0.3 is 0 Å². The first-order chi connectivity index (χ1) is 5.95. The first kappa shape index (κ1) is 10.5. The van der Waals surface area contributed by atoms with Gasteiger partial charge in [0.2, 0.25) is 0 Å². The Labute approximate surface area is 86.9 Å². The van der Waals surface area contributed by atoms with Crippen LogP contribution in [0, 0.1) is 13.8 Å². The van der Waals surface area contributed by atoms with E-state index in [4.69, 9.17) is 5.73 Å². The molecule has 0 amide bonds. The fourth-order valence-electron chi connectivity index (χ4n) is 1.45. The lowest BCUT2D eigenvalue weighted by atomic mass is 9.99. The van der Waals surface area contributed by atoms with E-state index in [2.05, 4.69) is 15.9 Å². The molecular formula is C10H14BrNO. The summed E-state index contributed by atoms with van der Waals surface area (Å²) in [6.45, 7) is 5.68. The Morgan fingerprint density at radius 3 is 2.46 bits per heavy atom. The van der Waals surface area contributed by atoms with Crippen molar-refractivity contribution in [3.8, 4) is 5.75 Å². The van der Waals surface area contributed by atoms with Gasteiger partial charge in [0.1, 0.15) is 5.75 Å². The van der Waals surface area contributed by atoms with Crippen molar-refractivity contribution >= 4 is 15.9 Å². The Kier molecular flexibility index (Phi) is 2.98. The fourth-order valence-corrected chi connectivity index (χ4v) is 1.98. The highest BCUT2D eigenvalue weighted by molar-refractivity contribution is 9.10. The standard InChI is InChI=1S/C10H14BrNO/c1-5-4-8(11)6(2)10(13)9(5)7(3)12/h4,7,13H,12H2,1-3H3. The molecule has 0 fully saturated rings. The molecule has 3 N–H and O–H groups in total. The molecule has 13 heavy (non-hydrogen) atoms. The molecule has 72 valence electrons. The van der Waals surface area contributed by atoms with Gasteiger partial charge in [-0.05, 0) is 32.4 Å². The van der Waals surface area contributed by atoms with E-state index in [0.717, 1.165) is 21.2 Å². The topological polar surface area (TPSA) is 46.2 Å². The minimum atomic E-state index is -0.133. The summed E-state index contributed by atoms with van der Waals surface area (Å²) < 4.78 is 0.923. The zero-order chi connectivity index (χ0) is 10.2. The van der Waals surface area contributed by atoms with Gasteiger partial charge in [0.25, 0.3) is 0 Å². The predicted molar refractivity (Wildman–Crippen MR) is 57.9 cm³/mol. The summed E-state index contributed by atoms with van der Waals surface area (Å²) in [5.74, 6) is 0.307. The van der Waals surface area contributed by atoms with Crippen molar-refractivity contribution in [2.24, 2.45) is 5.73 Å². The summed E-state index contributed by atoms with van der Waals surface area (Å²) in [4.78, 5) is 0. The van der Waals surface area contributed by atoms with Crippen LogP contribution in [-0.2, 0) is 0 Å². The highest BCUT2D eigenvalue weighted by Gasteiger charge is 2.13. The molecule has 0 aliphatic carbocycles. The molecule has 1 aromatic rings. The summed E-state index contributed by atoms with van der Waals surface area (Å²) in [7, 11) is 0. The summed E-state index contributed by atoms with van der Waals surface area (Å²) in [6, 6.07) is 1.85. The molecule has 0 saturated heterocycles. The Morgan fingerprint density at radius 1 is 1.46 bits per heavy atom. The number of aromatic hydroxyl groups is 1. The van der Waals surface area contributed by atoms with E-state index in [1.165, 1.54) is 0 Å². The highest BCUT2D eigenvalue weighted by Crippen LogP contribution is 2.34. The van der Waals surface area contributed by atoms with Gasteiger partial charge in [0, 0.05) is 21.6 Å². The lowest BCUT2D eigenvalue weighted by Gasteiger charge is -2.15. The Morgan fingerprint density at radius 2 is 2.00 bits per heavy atom. The third-order valence-corrected chi connectivity index (χ3v) is 3.02. The molecule has 0 spiro atoms. The largest absolute Gasteiger partial charge is 0.507 e. The van der Waals surface area contributed by atoms with Crippen molar-refractivity contribution in [3.63, 3.8) is 0 Å². The second-order valence-corrected chi connectivity index (χ2v) is 4.21. The van der Waals surface area contributed by atoms with Crippen LogP contribution >= 0.6 is 15.9 Å². The molecule has 1 aromatic carbocycles. The van der Waals surface area contributed by atoms with E-state index in [9.17, 15) is 5.11 Å². The van der Waals surface area contributed by atoms with E-state index in [-0.39, 0.29) is 6.04 Å².